The van der Waals surface area contributed by atoms with Gasteiger partial charge in [0.1, 0.15) is 17.5 Å². The molecule has 1 aliphatic rings. The van der Waals surface area contributed by atoms with Gasteiger partial charge in [-0.15, -0.1) is 0 Å². The molecule has 33 heavy (non-hydrogen) atoms. The summed E-state index contributed by atoms with van der Waals surface area (Å²) in [7, 11) is 0. The maximum atomic E-state index is 13.0. The molecule has 0 bridgehead atoms. The van der Waals surface area contributed by atoms with Crippen LogP contribution in [0.5, 0.6) is 5.75 Å². The minimum Gasteiger partial charge on any atom is -0.459 e. The van der Waals surface area contributed by atoms with E-state index in [0.29, 0.717) is 24.2 Å². The maximum Gasteiger partial charge on any atom is 0.338 e. The first kappa shape index (κ1) is 26.6. The lowest BCUT2D eigenvalue weighted by molar-refractivity contribution is -0.161. The van der Waals surface area contributed by atoms with Gasteiger partial charge in [-0.25, -0.2) is 4.79 Å². The van der Waals surface area contributed by atoms with Crippen molar-refractivity contribution >= 4 is 17.9 Å². The van der Waals surface area contributed by atoms with Crippen LogP contribution in [0.15, 0.2) is 36.4 Å². The molecule has 1 aliphatic carbocycles. The first-order chi connectivity index (χ1) is 15.4. The summed E-state index contributed by atoms with van der Waals surface area (Å²) in [5, 5.41) is 11.0. The van der Waals surface area contributed by atoms with Gasteiger partial charge in [0.25, 0.3) is 0 Å². The van der Waals surface area contributed by atoms with Crippen LogP contribution in [0, 0.1) is 11.8 Å². The topological polar surface area (TPSA) is 99.1 Å². The molecule has 4 unspecified atom stereocenters. The Morgan fingerprint density at radius 3 is 2.30 bits per heavy atom. The Balaban J connectivity index is 2.35. The number of aliphatic hydroxyl groups excluding tert-OH is 1. The second-order valence-corrected chi connectivity index (χ2v) is 9.51. The Kier molecular flexibility index (Phi) is 9.23. The molecule has 0 aliphatic heterocycles. The standard InChI is InChI=1S/C26H36O7/c1-16(2)24-22(29)14-17(3)8-7-13-26(6,33-19(5)28)15-23(24)32-25(30)20-9-11-21(12-10-20)31-18(4)27/h9-12,16,22-24,29H,3,7-8,13-15H2,1-2,4-6H3. The third-order valence-corrected chi connectivity index (χ3v) is 6.01. The van der Waals surface area contributed by atoms with Crippen LogP contribution in [0.4, 0.5) is 0 Å². The van der Waals surface area contributed by atoms with Crippen molar-refractivity contribution in [1.82, 2.24) is 0 Å². The molecule has 1 saturated carbocycles. The Morgan fingerprint density at radius 1 is 1.12 bits per heavy atom. The lowest BCUT2D eigenvalue weighted by atomic mass is 9.76. The van der Waals surface area contributed by atoms with Crippen LogP contribution in [0.3, 0.4) is 0 Å². The largest absolute Gasteiger partial charge is 0.459 e. The fourth-order valence-corrected chi connectivity index (χ4v) is 4.62. The SMILES string of the molecule is C=C1CCCC(C)(OC(C)=O)CC(OC(=O)c2ccc(OC(C)=O)cc2)C(C(C)C)C(O)C1. The van der Waals surface area contributed by atoms with Crippen LogP contribution < -0.4 is 4.74 Å². The van der Waals surface area contributed by atoms with Crippen LogP contribution in [0.1, 0.15) is 77.1 Å². The predicted octanol–water partition coefficient (Wildman–Crippen LogP) is 4.61. The van der Waals surface area contributed by atoms with Gasteiger partial charge in [-0.1, -0.05) is 26.0 Å². The van der Waals surface area contributed by atoms with E-state index in [9.17, 15) is 19.5 Å². The van der Waals surface area contributed by atoms with E-state index in [0.717, 1.165) is 18.4 Å². The molecule has 4 atom stereocenters. The third-order valence-electron chi connectivity index (χ3n) is 6.01. The van der Waals surface area contributed by atoms with Crippen molar-refractivity contribution < 1.29 is 33.7 Å². The van der Waals surface area contributed by atoms with Gasteiger partial charge in [-0.2, -0.15) is 0 Å². The zero-order valence-electron chi connectivity index (χ0n) is 20.3. The molecule has 0 saturated heterocycles. The van der Waals surface area contributed by atoms with Gasteiger partial charge < -0.3 is 19.3 Å². The molecule has 0 radical (unpaired) electrons. The molecule has 1 aromatic rings. The number of aliphatic hydroxyl groups is 1. The average molecular weight is 461 g/mol. The Hall–Kier alpha value is -2.67. The minimum absolute atomic E-state index is 0.00190. The number of benzene rings is 1. The van der Waals surface area contributed by atoms with Gasteiger partial charge in [0, 0.05) is 26.2 Å². The highest BCUT2D eigenvalue weighted by Crippen LogP contribution is 2.37. The number of ether oxygens (including phenoxy) is 3. The Bertz CT molecular complexity index is 858. The van der Waals surface area contributed by atoms with E-state index in [1.165, 1.54) is 38.1 Å². The van der Waals surface area contributed by atoms with Crippen molar-refractivity contribution in [2.75, 3.05) is 0 Å². The van der Waals surface area contributed by atoms with Gasteiger partial charge in [-0.05, 0) is 62.8 Å². The molecule has 1 aromatic carbocycles. The lowest BCUT2D eigenvalue weighted by Gasteiger charge is -2.40. The summed E-state index contributed by atoms with van der Waals surface area (Å²) < 4.78 is 16.7. The molecular formula is C26H36O7. The monoisotopic (exact) mass is 460 g/mol. The Morgan fingerprint density at radius 2 is 1.76 bits per heavy atom. The van der Waals surface area contributed by atoms with Crippen LogP contribution in [0.2, 0.25) is 0 Å². The summed E-state index contributed by atoms with van der Waals surface area (Å²) in [4.78, 5) is 36.0. The summed E-state index contributed by atoms with van der Waals surface area (Å²) >= 11 is 0. The Labute approximate surface area is 196 Å². The molecule has 0 aromatic heterocycles. The first-order valence-corrected chi connectivity index (χ1v) is 11.4. The van der Waals surface area contributed by atoms with E-state index in [-0.39, 0.29) is 18.3 Å². The van der Waals surface area contributed by atoms with Gasteiger partial charge in [0.05, 0.1) is 11.7 Å². The van der Waals surface area contributed by atoms with E-state index in [1.807, 2.05) is 20.8 Å². The van der Waals surface area contributed by atoms with Crippen LogP contribution in [0.25, 0.3) is 0 Å². The summed E-state index contributed by atoms with van der Waals surface area (Å²) in [5.74, 6) is -1.47. The highest BCUT2D eigenvalue weighted by atomic mass is 16.6. The third kappa shape index (κ3) is 8.00. The second-order valence-electron chi connectivity index (χ2n) is 9.51. The summed E-state index contributed by atoms with van der Waals surface area (Å²) in [5.41, 5.74) is 0.366. The van der Waals surface area contributed by atoms with E-state index < -0.39 is 35.7 Å². The minimum atomic E-state index is -0.847. The zero-order chi connectivity index (χ0) is 24.8. The van der Waals surface area contributed by atoms with E-state index in [1.54, 1.807) is 0 Å². The normalized spacial score (nSPS) is 26.4. The van der Waals surface area contributed by atoms with Crippen molar-refractivity contribution in [3.05, 3.63) is 42.0 Å². The summed E-state index contributed by atoms with van der Waals surface area (Å²) in [6.45, 7) is 12.5. The number of esters is 3. The fraction of sp³-hybridized carbons (Fsp3) is 0.577. The predicted molar refractivity (Wildman–Crippen MR) is 124 cm³/mol. The van der Waals surface area contributed by atoms with E-state index in [4.69, 9.17) is 14.2 Å². The quantitative estimate of drug-likeness (QED) is 0.389. The van der Waals surface area contributed by atoms with Gasteiger partial charge in [-0.3, -0.25) is 9.59 Å². The smallest absolute Gasteiger partial charge is 0.338 e. The highest BCUT2D eigenvalue weighted by Gasteiger charge is 2.41. The van der Waals surface area contributed by atoms with Crippen molar-refractivity contribution in [3.63, 3.8) is 0 Å². The lowest BCUT2D eigenvalue weighted by Crippen LogP contribution is -2.45. The first-order valence-electron chi connectivity index (χ1n) is 11.4. The van der Waals surface area contributed by atoms with Gasteiger partial charge >= 0.3 is 17.9 Å². The van der Waals surface area contributed by atoms with Crippen LogP contribution in [-0.4, -0.2) is 40.8 Å². The van der Waals surface area contributed by atoms with Crippen molar-refractivity contribution in [3.8, 4) is 5.75 Å². The maximum absolute atomic E-state index is 13.0. The number of hydrogen-bond acceptors (Lipinski definition) is 7. The molecular weight excluding hydrogens is 424 g/mol. The molecule has 2 rings (SSSR count). The number of rotatable bonds is 5. The average Bonchev–Trinajstić information content (AvgIpc) is 2.66. The summed E-state index contributed by atoms with van der Waals surface area (Å²) in [6, 6.07) is 6.09. The molecule has 0 spiro atoms. The van der Waals surface area contributed by atoms with Crippen molar-refractivity contribution in [2.24, 2.45) is 11.8 Å². The zero-order valence-corrected chi connectivity index (χ0v) is 20.3. The summed E-state index contributed by atoms with van der Waals surface area (Å²) in [6.07, 6.45) is 1.35. The van der Waals surface area contributed by atoms with Crippen molar-refractivity contribution in [1.29, 1.82) is 0 Å². The fourth-order valence-electron chi connectivity index (χ4n) is 4.62. The molecule has 7 heteroatoms. The van der Waals surface area contributed by atoms with E-state index in [2.05, 4.69) is 6.58 Å². The van der Waals surface area contributed by atoms with Gasteiger partial charge in [0.15, 0.2) is 0 Å². The number of carbonyl (C=O) groups is 3. The van der Waals surface area contributed by atoms with Crippen LogP contribution >= 0.6 is 0 Å². The number of hydrogen-bond donors (Lipinski definition) is 1. The molecule has 1 fully saturated rings. The molecule has 182 valence electrons. The molecule has 0 heterocycles. The van der Waals surface area contributed by atoms with E-state index >= 15 is 0 Å². The second kappa shape index (κ2) is 11.5. The highest BCUT2D eigenvalue weighted by molar-refractivity contribution is 5.89. The van der Waals surface area contributed by atoms with Crippen molar-refractivity contribution in [2.45, 2.75) is 84.5 Å². The molecule has 1 N–H and O–H groups in total. The molecule has 7 nitrogen and oxygen atoms in total. The molecule has 0 amide bonds. The number of carbonyl (C=O) groups excluding carboxylic acids is 3. The van der Waals surface area contributed by atoms with Crippen LogP contribution in [-0.2, 0) is 19.1 Å². The van der Waals surface area contributed by atoms with Gasteiger partial charge in [0.2, 0.25) is 0 Å².